The third-order valence-electron chi connectivity index (χ3n) is 2.75. The zero-order valence-corrected chi connectivity index (χ0v) is 8.78. The van der Waals surface area contributed by atoms with E-state index in [4.69, 9.17) is 5.73 Å². The fourth-order valence-electron chi connectivity index (χ4n) is 1.93. The van der Waals surface area contributed by atoms with Gasteiger partial charge in [-0.3, -0.25) is 4.79 Å². The number of amides is 1. The maximum absolute atomic E-state index is 11.5. The van der Waals surface area contributed by atoms with Crippen molar-refractivity contribution in [3.63, 3.8) is 0 Å². The number of carbonyl (C=O) groups excluding carboxylic acids is 1. The summed E-state index contributed by atoms with van der Waals surface area (Å²) in [4.78, 5) is 13.3. The van der Waals surface area contributed by atoms with Gasteiger partial charge in [0, 0.05) is 18.7 Å². The second-order valence-electron chi connectivity index (χ2n) is 3.85. The molecule has 3 nitrogen and oxygen atoms in total. The zero-order valence-electron chi connectivity index (χ0n) is 8.78. The van der Waals surface area contributed by atoms with Gasteiger partial charge < -0.3 is 10.6 Å². The number of nitrogens with zero attached hydrogens (tertiary/aromatic N) is 1. The third kappa shape index (κ3) is 2.18. The molecule has 1 saturated heterocycles. The lowest BCUT2D eigenvalue weighted by Gasteiger charge is -2.15. The van der Waals surface area contributed by atoms with Crippen molar-refractivity contribution in [3.05, 3.63) is 29.8 Å². The molecular weight excluding hydrogens is 188 g/mol. The van der Waals surface area contributed by atoms with Gasteiger partial charge in [0.25, 0.3) is 0 Å². The summed E-state index contributed by atoms with van der Waals surface area (Å²) in [5.41, 5.74) is 7.72. The molecule has 0 aliphatic carbocycles. The summed E-state index contributed by atoms with van der Waals surface area (Å²) in [7, 11) is 0. The SMILES string of the molecule is NCCc1ccc(N2CCCC2=O)cc1. The average molecular weight is 204 g/mol. The first kappa shape index (κ1) is 10.2. The van der Waals surface area contributed by atoms with E-state index in [9.17, 15) is 4.79 Å². The lowest BCUT2D eigenvalue weighted by Crippen LogP contribution is -2.23. The minimum Gasteiger partial charge on any atom is -0.330 e. The molecule has 0 saturated carbocycles. The van der Waals surface area contributed by atoms with Crippen LogP contribution in [-0.2, 0) is 11.2 Å². The van der Waals surface area contributed by atoms with Crippen LogP contribution in [0, 0.1) is 0 Å². The highest BCUT2D eigenvalue weighted by Crippen LogP contribution is 2.21. The molecular formula is C12H16N2O. The van der Waals surface area contributed by atoms with Crippen LogP contribution in [0.2, 0.25) is 0 Å². The summed E-state index contributed by atoms with van der Waals surface area (Å²) in [5, 5.41) is 0. The number of hydrogen-bond acceptors (Lipinski definition) is 2. The van der Waals surface area contributed by atoms with E-state index in [2.05, 4.69) is 0 Å². The van der Waals surface area contributed by atoms with Gasteiger partial charge in [0.1, 0.15) is 0 Å². The third-order valence-corrected chi connectivity index (χ3v) is 2.75. The molecule has 0 bridgehead atoms. The van der Waals surface area contributed by atoms with Gasteiger partial charge in [0.05, 0.1) is 0 Å². The van der Waals surface area contributed by atoms with Gasteiger partial charge >= 0.3 is 0 Å². The Balaban J connectivity index is 2.12. The molecule has 1 aromatic carbocycles. The predicted molar refractivity (Wildman–Crippen MR) is 60.8 cm³/mol. The van der Waals surface area contributed by atoms with Gasteiger partial charge in [-0.15, -0.1) is 0 Å². The molecule has 2 N–H and O–H groups in total. The molecule has 1 aromatic rings. The maximum Gasteiger partial charge on any atom is 0.227 e. The summed E-state index contributed by atoms with van der Waals surface area (Å²) in [6.07, 6.45) is 2.56. The van der Waals surface area contributed by atoms with Crippen molar-refractivity contribution in [2.45, 2.75) is 19.3 Å². The largest absolute Gasteiger partial charge is 0.330 e. The van der Waals surface area contributed by atoms with Crippen molar-refractivity contribution in [1.29, 1.82) is 0 Å². The number of rotatable bonds is 3. The smallest absolute Gasteiger partial charge is 0.227 e. The summed E-state index contributed by atoms with van der Waals surface area (Å²) in [6, 6.07) is 8.12. The van der Waals surface area contributed by atoms with E-state index in [1.807, 2.05) is 29.2 Å². The number of hydrogen-bond donors (Lipinski definition) is 1. The summed E-state index contributed by atoms with van der Waals surface area (Å²) < 4.78 is 0. The number of carbonyl (C=O) groups is 1. The van der Waals surface area contributed by atoms with E-state index < -0.39 is 0 Å². The molecule has 0 atom stereocenters. The van der Waals surface area contributed by atoms with Gasteiger partial charge in [0.2, 0.25) is 5.91 Å². The molecule has 80 valence electrons. The van der Waals surface area contributed by atoms with Crippen LogP contribution in [0.15, 0.2) is 24.3 Å². The number of anilines is 1. The van der Waals surface area contributed by atoms with Crippen LogP contribution >= 0.6 is 0 Å². The standard InChI is InChI=1S/C12H16N2O/c13-8-7-10-3-5-11(6-4-10)14-9-1-2-12(14)15/h3-6H,1-2,7-9,13H2. The topological polar surface area (TPSA) is 46.3 Å². The Morgan fingerprint density at radius 1 is 1.27 bits per heavy atom. The molecule has 15 heavy (non-hydrogen) atoms. The lowest BCUT2D eigenvalue weighted by atomic mass is 10.1. The Hall–Kier alpha value is -1.35. The van der Waals surface area contributed by atoms with E-state index >= 15 is 0 Å². The minimum absolute atomic E-state index is 0.238. The van der Waals surface area contributed by atoms with E-state index in [-0.39, 0.29) is 5.91 Å². The van der Waals surface area contributed by atoms with Crippen LogP contribution in [0.1, 0.15) is 18.4 Å². The molecule has 1 aliphatic rings. The molecule has 1 aliphatic heterocycles. The van der Waals surface area contributed by atoms with Crippen molar-refractivity contribution < 1.29 is 4.79 Å². The highest BCUT2D eigenvalue weighted by Gasteiger charge is 2.21. The van der Waals surface area contributed by atoms with Crippen LogP contribution in [0.4, 0.5) is 5.69 Å². The van der Waals surface area contributed by atoms with E-state index in [1.54, 1.807) is 0 Å². The van der Waals surface area contributed by atoms with Gasteiger partial charge in [-0.05, 0) is 37.1 Å². The highest BCUT2D eigenvalue weighted by atomic mass is 16.2. The Kier molecular flexibility index (Phi) is 3.02. The van der Waals surface area contributed by atoms with Crippen molar-refractivity contribution in [2.24, 2.45) is 5.73 Å². The van der Waals surface area contributed by atoms with Gasteiger partial charge in [-0.1, -0.05) is 12.1 Å². The Labute approximate surface area is 89.9 Å². The summed E-state index contributed by atoms with van der Waals surface area (Å²) >= 11 is 0. The molecule has 0 unspecified atom stereocenters. The number of nitrogens with two attached hydrogens (primary N) is 1. The van der Waals surface area contributed by atoms with Crippen LogP contribution in [0.25, 0.3) is 0 Å². The van der Waals surface area contributed by atoms with Crippen LogP contribution in [0.3, 0.4) is 0 Å². The highest BCUT2D eigenvalue weighted by molar-refractivity contribution is 5.95. The predicted octanol–water partition coefficient (Wildman–Crippen LogP) is 1.31. The second kappa shape index (κ2) is 4.45. The van der Waals surface area contributed by atoms with E-state index in [1.165, 1.54) is 5.56 Å². The minimum atomic E-state index is 0.238. The van der Waals surface area contributed by atoms with Crippen molar-refractivity contribution in [2.75, 3.05) is 18.0 Å². The molecule has 1 amide bonds. The summed E-state index contributed by atoms with van der Waals surface area (Å²) in [6.45, 7) is 1.52. The summed E-state index contributed by atoms with van der Waals surface area (Å²) in [5.74, 6) is 0.238. The second-order valence-corrected chi connectivity index (χ2v) is 3.85. The number of benzene rings is 1. The zero-order chi connectivity index (χ0) is 10.7. The average Bonchev–Trinajstić information content (AvgIpc) is 2.66. The molecule has 0 spiro atoms. The fraction of sp³-hybridized carbons (Fsp3) is 0.417. The van der Waals surface area contributed by atoms with Gasteiger partial charge in [-0.2, -0.15) is 0 Å². The fourth-order valence-corrected chi connectivity index (χ4v) is 1.93. The molecule has 0 aromatic heterocycles. The van der Waals surface area contributed by atoms with Crippen molar-refractivity contribution in [1.82, 2.24) is 0 Å². The molecule has 3 heteroatoms. The Morgan fingerprint density at radius 3 is 2.53 bits per heavy atom. The monoisotopic (exact) mass is 204 g/mol. The van der Waals surface area contributed by atoms with Gasteiger partial charge in [-0.25, -0.2) is 0 Å². The molecule has 2 rings (SSSR count). The Morgan fingerprint density at radius 2 is 2.00 bits per heavy atom. The normalized spacial score (nSPS) is 16.1. The lowest BCUT2D eigenvalue weighted by molar-refractivity contribution is -0.117. The quantitative estimate of drug-likeness (QED) is 0.807. The van der Waals surface area contributed by atoms with Crippen LogP contribution in [0.5, 0.6) is 0 Å². The molecule has 1 heterocycles. The van der Waals surface area contributed by atoms with Crippen LogP contribution in [-0.4, -0.2) is 19.0 Å². The van der Waals surface area contributed by atoms with E-state index in [0.29, 0.717) is 13.0 Å². The van der Waals surface area contributed by atoms with Crippen molar-refractivity contribution in [3.8, 4) is 0 Å². The maximum atomic E-state index is 11.5. The first-order chi connectivity index (χ1) is 7.31. The first-order valence-electron chi connectivity index (χ1n) is 5.40. The Bertz CT molecular complexity index is 345. The van der Waals surface area contributed by atoms with Crippen LogP contribution < -0.4 is 10.6 Å². The van der Waals surface area contributed by atoms with E-state index in [0.717, 1.165) is 25.1 Å². The first-order valence-corrected chi connectivity index (χ1v) is 5.40. The van der Waals surface area contributed by atoms with Crippen molar-refractivity contribution >= 4 is 11.6 Å². The molecule has 0 radical (unpaired) electrons. The molecule has 1 fully saturated rings. The van der Waals surface area contributed by atoms with Gasteiger partial charge in [0.15, 0.2) is 0 Å².